The van der Waals surface area contributed by atoms with Crippen LogP contribution < -0.4 is 16.4 Å². The molecule has 0 radical (unpaired) electrons. The zero-order valence-corrected chi connectivity index (χ0v) is 13.6. The molecule has 0 bridgehead atoms. The summed E-state index contributed by atoms with van der Waals surface area (Å²) in [6, 6.07) is 12.0. The Bertz CT molecular complexity index is 1020. The number of nitrogens with two attached hydrogens (primary N) is 1. The molecule has 1 aliphatic rings. The van der Waals surface area contributed by atoms with Crippen molar-refractivity contribution in [2.75, 3.05) is 10.6 Å². The summed E-state index contributed by atoms with van der Waals surface area (Å²) >= 11 is 0. The highest BCUT2D eigenvalue weighted by Crippen LogP contribution is 2.40. The van der Waals surface area contributed by atoms with Gasteiger partial charge in [-0.2, -0.15) is 0 Å². The number of hydrogen-bond donors (Lipinski definition) is 4. The summed E-state index contributed by atoms with van der Waals surface area (Å²) in [6.45, 7) is 0. The second-order valence-corrected chi connectivity index (χ2v) is 5.77. The molecule has 128 valence electrons. The number of hydrogen-bond acceptors (Lipinski definition) is 3. The number of carbonyl (C=O) groups is 2. The summed E-state index contributed by atoms with van der Waals surface area (Å²) in [6.07, 6.45) is 5.16. The maximum absolute atomic E-state index is 12.8. The minimum atomic E-state index is -0.661. The predicted molar refractivity (Wildman–Crippen MR) is 99.2 cm³/mol. The van der Waals surface area contributed by atoms with E-state index in [1.807, 2.05) is 24.3 Å². The SMILES string of the molecule is NC(=O)Nc1ccc2c(c1)/C(=C(/c1ccncc1)c1ccc[nH]1)C(=O)N2. The molecular weight excluding hydrogens is 330 g/mol. The number of amides is 3. The van der Waals surface area contributed by atoms with Gasteiger partial charge in [-0.15, -0.1) is 0 Å². The van der Waals surface area contributed by atoms with Gasteiger partial charge >= 0.3 is 6.03 Å². The number of fused-ring (bicyclic) bond motifs is 1. The van der Waals surface area contributed by atoms with E-state index in [-0.39, 0.29) is 5.91 Å². The van der Waals surface area contributed by atoms with Crippen LogP contribution in [0.25, 0.3) is 11.1 Å². The minimum Gasteiger partial charge on any atom is -0.361 e. The van der Waals surface area contributed by atoms with Crippen molar-refractivity contribution in [3.63, 3.8) is 0 Å². The van der Waals surface area contributed by atoms with Gasteiger partial charge in [0.25, 0.3) is 5.91 Å². The van der Waals surface area contributed by atoms with Crippen molar-refractivity contribution < 1.29 is 9.59 Å². The maximum atomic E-state index is 12.8. The van der Waals surface area contributed by atoms with Gasteiger partial charge in [0.1, 0.15) is 0 Å². The lowest BCUT2D eigenvalue weighted by molar-refractivity contribution is -0.110. The summed E-state index contributed by atoms with van der Waals surface area (Å²) in [5.41, 5.74) is 10.0. The molecule has 1 aromatic carbocycles. The maximum Gasteiger partial charge on any atom is 0.316 e. The third-order valence-electron chi connectivity index (χ3n) is 4.12. The molecule has 0 spiro atoms. The second kappa shape index (κ2) is 6.21. The smallest absolute Gasteiger partial charge is 0.316 e. The molecule has 3 aromatic rings. The standard InChI is InChI=1S/C19H15N5O2/c20-19(26)23-12-3-4-14-13(10-12)17(18(25)24-14)16(15-2-1-7-22-15)11-5-8-21-9-6-11/h1-10,22H,(H,24,25)(H3,20,23,26)/b17-16+. The molecule has 26 heavy (non-hydrogen) atoms. The van der Waals surface area contributed by atoms with Crippen molar-refractivity contribution in [2.24, 2.45) is 5.73 Å². The fraction of sp³-hybridized carbons (Fsp3) is 0. The average molecular weight is 345 g/mol. The molecule has 0 saturated carbocycles. The van der Waals surface area contributed by atoms with Crippen molar-refractivity contribution in [2.45, 2.75) is 0 Å². The fourth-order valence-corrected chi connectivity index (χ4v) is 3.07. The first-order valence-electron chi connectivity index (χ1n) is 7.94. The van der Waals surface area contributed by atoms with Crippen molar-refractivity contribution in [1.29, 1.82) is 0 Å². The number of aromatic nitrogens is 2. The summed E-state index contributed by atoms with van der Waals surface area (Å²) in [7, 11) is 0. The molecule has 7 nitrogen and oxygen atoms in total. The number of anilines is 2. The third-order valence-corrected chi connectivity index (χ3v) is 4.12. The predicted octanol–water partition coefficient (Wildman–Crippen LogP) is 2.81. The molecule has 4 rings (SSSR count). The number of pyridine rings is 1. The average Bonchev–Trinajstić information content (AvgIpc) is 3.25. The van der Waals surface area contributed by atoms with Gasteiger partial charge in [-0.3, -0.25) is 9.78 Å². The number of rotatable bonds is 3. The highest BCUT2D eigenvalue weighted by atomic mass is 16.2. The first-order chi connectivity index (χ1) is 12.6. The van der Waals surface area contributed by atoms with Crippen LogP contribution in [0.1, 0.15) is 16.8 Å². The van der Waals surface area contributed by atoms with Gasteiger partial charge in [0.2, 0.25) is 0 Å². The Morgan fingerprint density at radius 3 is 2.62 bits per heavy atom. The summed E-state index contributed by atoms with van der Waals surface area (Å²) in [5, 5.41) is 5.41. The number of H-pyrrole nitrogens is 1. The Morgan fingerprint density at radius 2 is 1.92 bits per heavy atom. The van der Waals surface area contributed by atoms with Gasteiger partial charge in [0.15, 0.2) is 0 Å². The highest BCUT2D eigenvalue weighted by molar-refractivity contribution is 6.38. The first-order valence-corrected chi connectivity index (χ1v) is 7.94. The Kier molecular flexibility index (Phi) is 3.74. The number of carbonyl (C=O) groups excluding carboxylic acids is 2. The van der Waals surface area contributed by atoms with Crippen LogP contribution in [0, 0.1) is 0 Å². The number of benzene rings is 1. The van der Waals surface area contributed by atoms with Crippen molar-refractivity contribution in [3.8, 4) is 0 Å². The van der Waals surface area contributed by atoms with Crippen LogP contribution >= 0.6 is 0 Å². The molecule has 7 heteroatoms. The molecule has 0 fully saturated rings. The third kappa shape index (κ3) is 2.71. The highest BCUT2D eigenvalue weighted by Gasteiger charge is 2.29. The Labute approximate surface area is 149 Å². The van der Waals surface area contributed by atoms with Gasteiger partial charge in [-0.1, -0.05) is 0 Å². The van der Waals surface area contributed by atoms with Crippen molar-refractivity contribution in [3.05, 3.63) is 77.9 Å². The summed E-state index contributed by atoms with van der Waals surface area (Å²) < 4.78 is 0. The molecular formula is C19H15N5O2. The number of urea groups is 1. The number of aromatic amines is 1. The summed E-state index contributed by atoms with van der Waals surface area (Å²) in [5.74, 6) is -0.211. The summed E-state index contributed by atoms with van der Waals surface area (Å²) in [4.78, 5) is 31.1. The van der Waals surface area contributed by atoms with Crippen LogP contribution in [0.5, 0.6) is 0 Å². The van der Waals surface area contributed by atoms with E-state index in [2.05, 4.69) is 20.6 Å². The van der Waals surface area contributed by atoms with Gasteiger partial charge < -0.3 is 21.4 Å². The van der Waals surface area contributed by atoms with E-state index < -0.39 is 6.03 Å². The molecule has 2 aromatic heterocycles. The van der Waals surface area contributed by atoms with Crippen molar-refractivity contribution >= 4 is 34.5 Å². The zero-order chi connectivity index (χ0) is 18.1. The van der Waals surface area contributed by atoms with Gasteiger partial charge in [0.05, 0.1) is 5.57 Å². The van der Waals surface area contributed by atoms with Gasteiger partial charge in [-0.25, -0.2) is 4.79 Å². The van der Waals surface area contributed by atoms with E-state index in [4.69, 9.17) is 5.73 Å². The van der Waals surface area contributed by atoms with E-state index in [1.165, 1.54) is 0 Å². The lowest BCUT2D eigenvalue weighted by Crippen LogP contribution is -2.19. The molecule has 3 amide bonds. The van der Waals surface area contributed by atoms with Crippen molar-refractivity contribution in [1.82, 2.24) is 9.97 Å². The largest absolute Gasteiger partial charge is 0.361 e. The van der Waals surface area contributed by atoms with Crippen LogP contribution in [0.15, 0.2) is 61.1 Å². The fourth-order valence-electron chi connectivity index (χ4n) is 3.07. The normalized spacial score (nSPS) is 14.5. The van der Waals surface area contributed by atoms with Gasteiger partial charge in [0, 0.05) is 46.8 Å². The van der Waals surface area contributed by atoms with Gasteiger partial charge in [-0.05, 0) is 48.0 Å². The lowest BCUT2D eigenvalue weighted by atomic mass is 9.93. The molecule has 5 N–H and O–H groups in total. The second-order valence-electron chi connectivity index (χ2n) is 5.77. The quantitative estimate of drug-likeness (QED) is 0.547. The number of nitrogens with zero attached hydrogens (tertiary/aromatic N) is 1. The molecule has 0 atom stereocenters. The minimum absolute atomic E-state index is 0.211. The molecule has 0 unspecified atom stereocenters. The molecule has 1 aliphatic heterocycles. The number of nitrogens with one attached hydrogen (secondary N) is 3. The van der Waals surface area contributed by atoms with E-state index in [9.17, 15) is 9.59 Å². The molecule has 3 heterocycles. The topological polar surface area (TPSA) is 113 Å². The van der Waals surface area contributed by atoms with E-state index >= 15 is 0 Å². The molecule has 0 aliphatic carbocycles. The van der Waals surface area contributed by atoms with E-state index in [1.54, 1.807) is 36.8 Å². The number of primary amides is 1. The van der Waals surface area contributed by atoms with E-state index in [0.29, 0.717) is 22.5 Å². The van der Waals surface area contributed by atoms with Crippen LogP contribution in [0.2, 0.25) is 0 Å². The van der Waals surface area contributed by atoms with Crippen LogP contribution in [-0.4, -0.2) is 21.9 Å². The van der Waals surface area contributed by atoms with Crippen LogP contribution in [0.3, 0.4) is 0 Å². The first kappa shape index (κ1) is 15.6. The lowest BCUT2D eigenvalue weighted by Gasteiger charge is -2.11. The Hall–Kier alpha value is -3.87. The Morgan fingerprint density at radius 1 is 1.12 bits per heavy atom. The molecule has 0 saturated heterocycles. The van der Waals surface area contributed by atoms with E-state index in [0.717, 1.165) is 16.8 Å². The Balaban J connectivity index is 1.97. The van der Waals surface area contributed by atoms with Crippen LogP contribution in [-0.2, 0) is 4.79 Å². The van der Waals surface area contributed by atoms with Crippen LogP contribution in [0.4, 0.5) is 16.2 Å². The monoisotopic (exact) mass is 345 g/mol. The zero-order valence-electron chi connectivity index (χ0n) is 13.6.